The number of hydrogen-bond donors (Lipinski definition) is 1. The quantitative estimate of drug-likeness (QED) is 0.829. The zero-order chi connectivity index (χ0) is 13.5. The summed E-state index contributed by atoms with van der Waals surface area (Å²) in [6, 6.07) is 5.83. The molecular formula is C14H22N2O2. The molecule has 1 amide bonds. The molecule has 4 heteroatoms. The molecule has 100 valence electrons. The molecule has 0 fully saturated rings. The molecule has 1 rings (SSSR count). The van der Waals surface area contributed by atoms with Crippen LogP contribution in [0, 0.1) is 13.8 Å². The molecule has 4 nitrogen and oxygen atoms in total. The van der Waals surface area contributed by atoms with Gasteiger partial charge in [-0.15, -0.1) is 0 Å². The minimum absolute atomic E-state index is 0.0654. The average molecular weight is 250 g/mol. The molecule has 1 aromatic carbocycles. The maximum Gasteiger partial charge on any atom is 0.257 e. The van der Waals surface area contributed by atoms with Gasteiger partial charge in [-0.2, -0.15) is 0 Å². The van der Waals surface area contributed by atoms with Crippen LogP contribution >= 0.6 is 0 Å². The number of nitrogens with zero attached hydrogens (tertiary/aromatic N) is 1. The molecule has 0 aliphatic heterocycles. The van der Waals surface area contributed by atoms with Crippen molar-refractivity contribution < 1.29 is 9.53 Å². The first-order valence-corrected chi connectivity index (χ1v) is 6.10. The first kappa shape index (κ1) is 14.5. The monoisotopic (exact) mass is 250 g/mol. The highest BCUT2D eigenvalue weighted by atomic mass is 16.5. The topological polar surface area (TPSA) is 41.6 Å². The van der Waals surface area contributed by atoms with Crippen LogP contribution < -0.4 is 10.1 Å². The maximum absolute atomic E-state index is 11.5. The largest absolute Gasteiger partial charge is 0.484 e. The molecule has 0 unspecified atom stereocenters. The predicted molar refractivity (Wildman–Crippen MR) is 73.0 cm³/mol. The van der Waals surface area contributed by atoms with Gasteiger partial charge in [-0.3, -0.25) is 4.79 Å². The Hall–Kier alpha value is -1.55. The molecule has 0 bridgehead atoms. The smallest absolute Gasteiger partial charge is 0.257 e. The Kier molecular flexibility index (Phi) is 5.65. The summed E-state index contributed by atoms with van der Waals surface area (Å²) in [7, 11) is 3.94. The number of likely N-dealkylation sites (N-methyl/N-ethyl adjacent to an activating group) is 1. The Morgan fingerprint density at radius 3 is 2.61 bits per heavy atom. The Morgan fingerprint density at radius 2 is 2.00 bits per heavy atom. The molecule has 0 atom stereocenters. The van der Waals surface area contributed by atoms with E-state index in [9.17, 15) is 4.79 Å². The van der Waals surface area contributed by atoms with E-state index < -0.39 is 0 Å². The van der Waals surface area contributed by atoms with Gasteiger partial charge in [0.25, 0.3) is 5.91 Å². The lowest BCUT2D eigenvalue weighted by molar-refractivity contribution is -0.123. The maximum atomic E-state index is 11.5. The fourth-order valence-corrected chi connectivity index (χ4v) is 1.42. The van der Waals surface area contributed by atoms with Crippen LogP contribution in [0.25, 0.3) is 0 Å². The van der Waals surface area contributed by atoms with Crippen molar-refractivity contribution >= 4 is 5.91 Å². The number of carbonyl (C=O) groups is 1. The van der Waals surface area contributed by atoms with E-state index in [1.165, 1.54) is 11.1 Å². The van der Waals surface area contributed by atoms with E-state index >= 15 is 0 Å². The van der Waals surface area contributed by atoms with E-state index in [2.05, 4.69) is 5.32 Å². The highest BCUT2D eigenvalue weighted by Gasteiger charge is 2.03. The number of carbonyl (C=O) groups excluding carboxylic acids is 1. The van der Waals surface area contributed by atoms with Crippen LogP contribution in [0.4, 0.5) is 0 Å². The highest BCUT2D eigenvalue weighted by molar-refractivity contribution is 5.77. The lowest BCUT2D eigenvalue weighted by Gasteiger charge is -2.11. The molecule has 1 N–H and O–H groups in total. The summed E-state index contributed by atoms with van der Waals surface area (Å²) in [5.74, 6) is 0.649. The molecule has 0 saturated carbocycles. The Bertz CT molecular complexity index is 403. The highest BCUT2D eigenvalue weighted by Crippen LogP contribution is 2.16. The lowest BCUT2D eigenvalue weighted by atomic mass is 10.1. The van der Waals surface area contributed by atoms with Gasteiger partial charge in [0.1, 0.15) is 5.75 Å². The summed E-state index contributed by atoms with van der Waals surface area (Å²) in [5.41, 5.74) is 2.39. The second kappa shape index (κ2) is 7.01. The van der Waals surface area contributed by atoms with Crippen molar-refractivity contribution in [2.75, 3.05) is 33.8 Å². The summed E-state index contributed by atoms with van der Waals surface area (Å²) < 4.78 is 5.44. The van der Waals surface area contributed by atoms with Gasteiger partial charge in [0.05, 0.1) is 0 Å². The fraction of sp³-hybridized carbons (Fsp3) is 0.500. The minimum atomic E-state index is -0.0879. The van der Waals surface area contributed by atoms with E-state index in [1.54, 1.807) is 0 Å². The third-order valence-electron chi connectivity index (χ3n) is 2.73. The summed E-state index contributed by atoms with van der Waals surface area (Å²) in [4.78, 5) is 13.5. The van der Waals surface area contributed by atoms with Crippen molar-refractivity contribution in [1.29, 1.82) is 0 Å². The standard InChI is InChI=1S/C14H22N2O2/c1-11-5-6-13(9-12(11)2)18-10-14(17)15-7-8-16(3)4/h5-6,9H,7-8,10H2,1-4H3,(H,15,17). The average Bonchev–Trinajstić information content (AvgIpc) is 2.30. The van der Waals surface area contributed by atoms with Crippen LogP contribution in [0.3, 0.4) is 0 Å². The number of ether oxygens (including phenoxy) is 1. The van der Waals surface area contributed by atoms with Crippen molar-refractivity contribution in [3.8, 4) is 5.75 Å². The van der Waals surface area contributed by atoms with Gasteiger partial charge in [-0.25, -0.2) is 0 Å². The van der Waals surface area contributed by atoms with Gasteiger partial charge in [0.15, 0.2) is 6.61 Å². The molecule has 1 aromatic rings. The van der Waals surface area contributed by atoms with Gasteiger partial charge >= 0.3 is 0 Å². The summed E-state index contributed by atoms with van der Waals surface area (Å²) in [5, 5.41) is 2.80. The van der Waals surface area contributed by atoms with E-state index in [-0.39, 0.29) is 12.5 Å². The molecule has 0 aromatic heterocycles. The molecule has 18 heavy (non-hydrogen) atoms. The molecule has 0 heterocycles. The molecule has 0 saturated heterocycles. The summed E-state index contributed by atoms with van der Waals surface area (Å²) >= 11 is 0. The molecule has 0 aliphatic carbocycles. The number of hydrogen-bond acceptors (Lipinski definition) is 3. The van der Waals surface area contributed by atoms with Gasteiger partial charge in [0.2, 0.25) is 0 Å². The minimum Gasteiger partial charge on any atom is -0.484 e. The van der Waals surface area contributed by atoms with E-state index in [0.717, 1.165) is 12.3 Å². The number of rotatable bonds is 6. The second-order valence-electron chi connectivity index (χ2n) is 4.69. The zero-order valence-electron chi connectivity index (χ0n) is 11.6. The van der Waals surface area contributed by atoms with Crippen LogP contribution in [-0.4, -0.2) is 44.6 Å². The van der Waals surface area contributed by atoms with Crippen LogP contribution in [0.5, 0.6) is 5.75 Å². The van der Waals surface area contributed by atoms with Gasteiger partial charge < -0.3 is 15.0 Å². The van der Waals surface area contributed by atoms with E-state index in [0.29, 0.717) is 6.54 Å². The van der Waals surface area contributed by atoms with Crippen molar-refractivity contribution in [3.63, 3.8) is 0 Å². The third-order valence-corrected chi connectivity index (χ3v) is 2.73. The Balaban J connectivity index is 2.31. The summed E-state index contributed by atoms with van der Waals surface area (Å²) in [6.45, 7) is 5.61. The molecule has 0 spiro atoms. The number of aryl methyl sites for hydroxylation is 2. The van der Waals surface area contributed by atoms with E-state index in [4.69, 9.17) is 4.74 Å². The van der Waals surface area contributed by atoms with Gasteiger partial charge in [-0.1, -0.05) is 6.07 Å². The van der Waals surface area contributed by atoms with Gasteiger partial charge in [-0.05, 0) is 51.2 Å². The number of nitrogens with one attached hydrogen (secondary N) is 1. The van der Waals surface area contributed by atoms with Crippen LogP contribution in [0.2, 0.25) is 0 Å². The fourth-order valence-electron chi connectivity index (χ4n) is 1.42. The molecule has 0 radical (unpaired) electrons. The van der Waals surface area contributed by atoms with Crippen molar-refractivity contribution in [2.45, 2.75) is 13.8 Å². The normalized spacial score (nSPS) is 10.5. The number of benzene rings is 1. The first-order chi connectivity index (χ1) is 8.49. The number of amides is 1. The zero-order valence-corrected chi connectivity index (χ0v) is 11.6. The van der Waals surface area contributed by atoms with Crippen LogP contribution in [-0.2, 0) is 4.79 Å². The molecular weight excluding hydrogens is 228 g/mol. The Morgan fingerprint density at radius 1 is 1.28 bits per heavy atom. The van der Waals surface area contributed by atoms with Crippen LogP contribution in [0.15, 0.2) is 18.2 Å². The van der Waals surface area contributed by atoms with Crippen molar-refractivity contribution in [3.05, 3.63) is 29.3 Å². The Labute approximate surface area is 109 Å². The molecule has 0 aliphatic rings. The third kappa shape index (κ3) is 5.19. The predicted octanol–water partition coefficient (Wildman–Crippen LogP) is 1.36. The second-order valence-corrected chi connectivity index (χ2v) is 4.69. The van der Waals surface area contributed by atoms with Gasteiger partial charge in [0, 0.05) is 13.1 Å². The SMILES string of the molecule is Cc1ccc(OCC(=O)NCCN(C)C)cc1C. The first-order valence-electron chi connectivity index (χ1n) is 6.10. The summed E-state index contributed by atoms with van der Waals surface area (Å²) in [6.07, 6.45) is 0. The van der Waals surface area contributed by atoms with Crippen molar-refractivity contribution in [1.82, 2.24) is 10.2 Å². The van der Waals surface area contributed by atoms with Crippen LogP contribution in [0.1, 0.15) is 11.1 Å². The lowest BCUT2D eigenvalue weighted by Crippen LogP contribution is -2.34. The van der Waals surface area contributed by atoms with E-state index in [1.807, 2.05) is 51.0 Å². The van der Waals surface area contributed by atoms with Crippen molar-refractivity contribution in [2.24, 2.45) is 0 Å².